The van der Waals surface area contributed by atoms with Gasteiger partial charge in [-0.15, -0.1) is 0 Å². The van der Waals surface area contributed by atoms with E-state index in [0.29, 0.717) is 0 Å². The summed E-state index contributed by atoms with van der Waals surface area (Å²) in [6.07, 6.45) is 0.930. The Hall–Kier alpha value is -1.87. The topological polar surface area (TPSA) is 41.1 Å². The number of carbonyl (C=O) groups is 1. The van der Waals surface area contributed by atoms with E-state index >= 15 is 0 Å². The number of nitrogens with one attached hydrogen (secondary N) is 2. The van der Waals surface area contributed by atoms with Crippen LogP contribution in [-0.4, -0.2) is 19.0 Å². The minimum absolute atomic E-state index is 0.108. The molecule has 1 aliphatic heterocycles. The average Bonchev–Trinajstić information content (AvgIpc) is 2.92. The molecule has 2 N–H and O–H groups in total. The summed E-state index contributed by atoms with van der Waals surface area (Å²) >= 11 is 0. The van der Waals surface area contributed by atoms with Gasteiger partial charge < -0.3 is 10.6 Å². The average molecular weight is 240 g/mol. The molecule has 1 saturated heterocycles. The molecule has 2 aromatic rings. The lowest BCUT2D eigenvalue weighted by atomic mass is 10.1. The summed E-state index contributed by atoms with van der Waals surface area (Å²) in [5, 5.41) is 8.55. The maximum atomic E-state index is 12.0. The van der Waals surface area contributed by atoms with Gasteiger partial charge in [-0.1, -0.05) is 30.3 Å². The van der Waals surface area contributed by atoms with E-state index < -0.39 is 0 Å². The van der Waals surface area contributed by atoms with Crippen molar-refractivity contribution in [2.75, 3.05) is 18.4 Å². The fourth-order valence-corrected chi connectivity index (χ4v) is 2.39. The highest BCUT2D eigenvalue weighted by molar-refractivity contribution is 5.95. The molecule has 3 heteroatoms. The summed E-state index contributed by atoms with van der Waals surface area (Å²) in [6, 6.07) is 14.2. The maximum Gasteiger partial charge on any atom is 0.228 e. The van der Waals surface area contributed by atoms with Gasteiger partial charge in [0.2, 0.25) is 5.91 Å². The zero-order valence-electron chi connectivity index (χ0n) is 10.1. The van der Waals surface area contributed by atoms with Crippen molar-refractivity contribution in [3.05, 3.63) is 42.5 Å². The van der Waals surface area contributed by atoms with E-state index in [0.717, 1.165) is 30.6 Å². The molecule has 0 bridgehead atoms. The molecule has 0 saturated carbocycles. The number of anilines is 1. The summed E-state index contributed by atoms with van der Waals surface area (Å²) in [5.74, 6) is 0.228. The van der Waals surface area contributed by atoms with Gasteiger partial charge in [-0.2, -0.15) is 0 Å². The van der Waals surface area contributed by atoms with Crippen LogP contribution in [0.15, 0.2) is 42.5 Å². The highest BCUT2D eigenvalue weighted by Crippen LogP contribution is 2.20. The van der Waals surface area contributed by atoms with Crippen LogP contribution < -0.4 is 10.6 Å². The van der Waals surface area contributed by atoms with Gasteiger partial charge in [0, 0.05) is 12.2 Å². The molecule has 1 unspecified atom stereocenters. The molecule has 3 nitrogen and oxygen atoms in total. The number of amides is 1. The molecule has 2 aromatic carbocycles. The number of fused-ring (bicyclic) bond motifs is 1. The Kier molecular flexibility index (Phi) is 2.99. The van der Waals surface area contributed by atoms with Crippen LogP contribution in [0.25, 0.3) is 10.8 Å². The fourth-order valence-electron chi connectivity index (χ4n) is 2.39. The van der Waals surface area contributed by atoms with Gasteiger partial charge >= 0.3 is 0 Å². The summed E-state index contributed by atoms with van der Waals surface area (Å²) in [5.41, 5.74) is 0.880. The number of carbonyl (C=O) groups excluding carboxylic acids is 1. The van der Waals surface area contributed by atoms with E-state index in [-0.39, 0.29) is 11.8 Å². The zero-order valence-corrected chi connectivity index (χ0v) is 10.1. The summed E-state index contributed by atoms with van der Waals surface area (Å²) < 4.78 is 0. The van der Waals surface area contributed by atoms with Gasteiger partial charge in [0.15, 0.2) is 0 Å². The molecule has 92 valence electrons. The first kappa shape index (κ1) is 11.2. The second-order valence-corrected chi connectivity index (χ2v) is 4.74. The Morgan fingerprint density at radius 2 is 2.00 bits per heavy atom. The number of benzene rings is 2. The first-order valence-electron chi connectivity index (χ1n) is 6.33. The Morgan fingerprint density at radius 1 is 1.17 bits per heavy atom. The van der Waals surface area contributed by atoms with Gasteiger partial charge in [0.05, 0.1) is 5.92 Å². The molecule has 1 atom stereocenters. The fraction of sp³-hybridized carbons (Fsp3) is 0.267. The van der Waals surface area contributed by atoms with Crippen molar-refractivity contribution in [1.82, 2.24) is 5.32 Å². The van der Waals surface area contributed by atoms with E-state index in [9.17, 15) is 4.79 Å². The SMILES string of the molecule is O=C(Nc1ccc2ccccc2c1)C1CCNC1. The third-order valence-electron chi connectivity index (χ3n) is 3.45. The highest BCUT2D eigenvalue weighted by Gasteiger charge is 2.22. The van der Waals surface area contributed by atoms with Crippen LogP contribution in [0.2, 0.25) is 0 Å². The zero-order chi connectivity index (χ0) is 12.4. The van der Waals surface area contributed by atoms with Crippen molar-refractivity contribution in [3.63, 3.8) is 0 Å². The van der Waals surface area contributed by atoms with Gasteiger partial charge in [-0.25, -0.2) is 0 Å². The Morgan fingerprint density at radius 3 is 2.78 bits per heavy atom. The molecule has 1 aliphatic rings. The minimum Gasteiger partial charge on any atom is -0.326 e. The van der Waals surface area contributed by atoms with Crippen molar-refractivity contribution in [3.8, 4) is 0 Å². The molecule has 0 aliphatic carbocycles. The smallest absolute Gasteiger partial charge is 0.228 e. The molecule has 0 aromatic heterocycles. The number of rotatable bonds is 2. The molecule has 1 amide bonds. The molecule has 0 spiro atoms. The molecule has 1 heterocycles. The third kappa shape index (κ3) is 2.22. The van der Waals surface area contributed by atoms with Crippen LogP contribution in [0.4, 0.5) is 5.69 Å². The van der Waals surface area contributed by atoms with E-state index in [1.807, 2.05) is 30.3 Å². The van der Waals surface area contributed by atoms with Crippen molar-refractivity contribution in [2.45, 2.75) is 6.42 Å². The van der Waals surface area contributed by atoms with Crippen molar-refractivity contribution in [1.29, 1.82) is 0 Å². The number of hydrogen-bond donors (Lipinski definition) is 2. The largest absolute Gasteiger partial charge is 0.326 e. The standard InChI is InChI=1S/C15H16N2O/c18-15(13-7-8-16-10-13)17-14-6-5-11-3-1-2-4-12(11)9-14/h1-6,9,13,16H,7-8,10H2,(H,17,18). The van der Waals surface area contributed by atoms with E-state index in [4.69, 9.17) is 0 Å². The van der Waals surface area contributed by atoms with Gasteiger partial charge in [-0.3, -0.25) is 4.79 Å². The monoisotopic (exact) mass is 240 g/mol. The molecular weight excluding hydrogens is 224 g/mol. The van der Waals surface area contributed by atoms with E-state index in [2.05, 4.69) is 22.8 Å². The lowest BCUT2D eigenvalue weighted by Gasteiger charge is -2.10. The van der Waals surface area contributed by atoms with Crippen LogP contribution in [0.1, 0.15) is 6.42 Å². The van der Waals surface area contributed by atoms with E-state index in [1.165, 1.54) is 5.39 Å². The molecule has 1 fully saturated rings. The Bertz CT molecular complexity index is 573. The van der Waals surface area contributed by atoms with E-state index in [1.54, 1.807) is 0 Å². The predicted octanol–water partition coefficient (Wildman–Crippen LogP) is 2.39. The molecule has 0 radical (unpaired) electrons. The maximum absolute atomic E-state index is 12.0. The van der Waals surface area contributed by atoms with Crippen molar-refractivity contribution >= 4 is 22.4 Å². The van der Waals surface area contributed by atoms with Crippen LogP contribution >= 0.6 is 0 Å². The first-order valence-corrected chi connectivity index (χ1v) is 6.33. The molecule has 3 rings (SSSR count). The number of hydrogen-bond acceptors (Lipinski definition) is 2. The second kappa shape index (κ2) is 4.78. The quantitative estimate of drug-likeness (QED) is 0.846. The summed E-state index contributed by atoms with van der Waals surface area (Å²) in [7, 11) is 0. The Balaban J connectivity index is 1.79. The predicted molar refractivity (Wildman–Crippen MR) is 73.6 cm³/mol. The second-order valence-electron chi connectivity index (χ2n) is 4.74. The first-order chi connectivity index (χ1) is 8.83. The van der Waals surface area contributed by atoms with Crippen LogP contribution in [0.3, 0.4) is 0 Å². The molecule has 18 heavy (non-hydrogen) atoms. The highest BCUT2D eigenvalue weighted by atomic mass is 16.1. The van der Waals surface area contributed by atoms with Gasteiger partial charge in [0.25, 0.3) is 0 Å². The third-order valence-corrected chi connectivity index (χ3v) is 3.45. The van der Waals surface area contributed by atoms with Crippen LogP contribution in [-0.2, 0) is 4.79 Å². The lowest BCUT2D eigenvalue weighted by Crippen LogP contribution is -2.24. The lowest BCUT2D eigenvalue weighted by molar-refractivity contribution is -0.119. The van der Waals surface area contributed by atoms with Gasteiger partial charge in [0.1, 0.15) is 0 Å². The summed E-state index contributed by atoms with van der Waals surface area (Å²) in [4.78, 5) is 12.0. The van der Waals surface area contributed by atoms with Crippen LogP contribution in [0.5, 0.6) is 0 Å². The van der Waals surface area contributed by atoms with Crippen molar-refractivity contribution < 1.29 is 4.79 Å². The molecular formula is C15H16N2O. The van der Waals surface area contributed by atoms with Gasteiger partial charge in [-0.05, 0) is 35.9 Å². The summed E-state index contributed by atoms with van der Waals surface area (Å²) in [6.45, 7) is 1.73. The van der Waals surface area contributed by atoms with Crippen LogP contribution in [0, 0.1) is 5.92 Å². The minimum atomic E-state index is 0.108. The van der Waals surface area contributed by atoms with Crippen molar-refractivity contribution in [2.24, 2.45) is 5.92 Å². The Labute approximate surface area is 106 Å². The normalized spacial score (nSPS) is 19.0.